The van der Waals surface area contributed by atoms with Crippen LogP contribution in [-0.2, 0) is 4.79 Å². The summed E-state index contributed by atoms with van der Waals surface area (Å²) < 4.78 is 5.52. The molecule has 0 spiro atoms. The highest BCUT2D eigenvalue weighted by molar-refractivity contribution is 5.84. The van der Waals surface area contributed by atoms with Crippen LogP contribution in [0, 0.1) is 20.8 Å². The molecule has 0 bridgehead atoms. The number of ether oxygens (including phenoxy) is 1. The quantitative estimate of drug-likeness (QED) is 0.680. The number of nitrogens with zero attached hydrogens (tertiary/aromatic N) is 1. The van der Waals surface area contributed by atoms with Crippen LogP contribution < -0.4 is 10.2 Å². The van der Waals surface area contributed by atoms with E-state index >= 15 is 0 Å². The van der Waals surface area contributed by atoms with E-state index in [4.69, 9.17) is 4.74 Å². The Kier molecular flexibility index (Phi) is 5.31. The Labute approximate surface area is 130 Å². The van der Waals surface area contributed by atoms with Gasteiger partial charge in [-0.1, -0.05) is 36.4 Å². The molecule has 4 heteroatoms. The molecule has 2 aromatic rings. The van der Waals surface area contributed by atoms with Crippen molar-refractivity contribution < 1.29 is 9.53 Å². The van der Waals surface area contributed by atoms with Gasteiger partial charge in [-0.25, -0.2) is 5.43 Å². The lowest BCUT2D eigenvalue weighted by Crippen LogP contribution is -2.24. The van der Waals surface area contributed by atoms with Gasteiger partial charge in [0.25, 0.3) is 5.91 Å². The number of rotatable bonds is 5. The minimum Gasteiger partial charge on any atom is -0.483 e. The van der Waals surface area contributed by atoms with Crippen molar-refractivity contribution in [2.24, 2.45) is 5.10 Å². The molecule has 22 heavy (non-hydrogen) atoms. The van der Waals surface area contributed by atoms with E-state index in [1.165, 1.54) is 0 Å². The van der Waals surface area contributed by atoms with E-state index in [2.05, 4.69) is 10.5 Å². The van der Waals surface area contributed by atoms with Crippen molar-refractivity contribution in [3.63, 3.8) is 0 Å². The van der Waals surface area contributed by atoms with Crippen molar-refractivity contribution in [1.29, 1.82) is 0 Å². The lowest BCUT2D eigenvalue weighted by molar-refractivity contribution is -0.123. The maximum Gasteiger partial charge on any atom is 0.277 e. The fourth-order valence-electron chi connectivity index (χ4n) is 1.94. The first kappa shape index (κ1) is 15.8. The predicted octanol–water partition coefficient (Wildman–Crippen LogP) is 3.14. The minimum atomic E-state index is -0.286. The summed E-state index contributed by atoms with van der Waals surface area (Å²) in [6.07, 6.45) is 1.63. The van der Waals surface area contributed by atoms with Gasteiger partial charge in [0.05, 0.1) is 6.21 Å². The average Bonchev–Trinajstić information content (AvgIpc) is 2.50. The first-order chi connectivity index (χ1) is 10.6. The minimum absolute atomic E-state index is 0.0601. The number of hydrogen-bond acceptors (Lipinski definition) is 3. The van der Waals surface area contributed by atoms with Crippen molar-refractivity contribution in [2.75, 3.05) is 6.61 Å². The number of carbonyl (C=O) groups is 1. The van der Waals surface area contributed by atoms with Crippen LogP contribution in [0.2, 0.25) is 0 Å². The van der Waals surface area contributed by atoms with Crippen LogP contribution in [0.4, 0.5) is 0 Å². The molecule has 0 aliphatic rings. The van der Waals surface area contributed by atoms with Gasteiger partial charge >= 0.3 is 0 Å². The SMILES string of the molecule is Cc1ccc(C)c(OCC(=O)NN=Cc2ccccc2C)c1. The van der Waals surface area contributed by atoms with Crippen LogP contribution in [-0.4, -0.2) is 18.7 Å². The summed E-state index contributed by atoms with van der Waals surface area (Å²) in [6.45, 7) is 5.87. The van der Waals surface area contributed by atoms with E-state index in [0.29, 0.717) is 0 Å². The topological polar surface area (TPSA) is 50.7 Å². The van der Waals surface area contributed by atoms with Crippen molar-refractivity contribution in [1.82, 2.24) is 5.43 Å². The molecule has 0 atom stereocenters. The Bertz CT molecular complexity index is 693. The van der Waals surface area contributed by atoms with E-state index in [-0.39, 0.29) is 12.5 Å². The largest absolute Gasteiger partial charge is 0.483 e. The summed E-state index contributed by atoms with van der Waals surface area (Å²) in [6, 6.07) is 13.7. The fraction of sp³-hybridized carbons (Fsp3) is 0.222. The molecular weight excluding hydrogens is 276 g/mol. The molecule has 0 aliphatic heterocycles. The van der Waals surface area contributed by atoms with Crippen LogP contribution in [0.1, 0.15) is 22.3 Å². The third-order valence-corrected chi connectivity index (χ3v) is 3.28. The highest BCUT2D eigenvalue weighted by Gasteiger charge is 2.04. The third-order valence-electron chi connectivity index (χ3n) is 3.28. The van der Waals surface area contributed by atoms with Gasteiger partial charge in [0.15, 0.2) is 6.61 Å². The smallest absolute Gasteiger partial charge is 0.277 e. The second-order valence-electron chi connectivity index (χ2n) is 5.21. The lowest BCUT2D eigenvalue weighted by Gasteiger charge is -2.08. The van der Waals surface area contributed by atoms with Gasteiger partial charge in [-0.15, -0.1) is 0 Å². The highest BCUT2D eigenvalue weighted by Crippen LogP contribution is 2.18. The zero-order valence-corrected chi connectivity index (χ0v) is 13.1. The highest BCUT2D eigenvalue weighted by atomic mass is 16.5. The Morgan fingerprint density at radius 2 is 1.91 bits per heavy atom. The third kappa shape index (κ3) is 4.45. The van der Waals surface area contributed by atoms with Crippen LogP contribution in [0.15, 0.2) is 47.6 Å². The molecule has 0 aromatic heterocycles. The van der Waals surface area contributed by atoms with E-state index in [1.807, 2.05) is 63.2 Å². The van der Waals surface area contributed by atoms with Gasteiger partial charge in [-0.05, 0) is 49.1 Å². The van der Waals surface area contributed by atoms with E-state index in [0.717, 1.165) is 28.0 Å². The number of hydrogen-bond donors (Lipinski definition) is 1. The first-order valence-corrected chi connectivity index (χ1v) is 7.14. The maximum atomic E-state index is 11.7. The second kappa shape index (κ2) is 7.41. The van der Waals surface area contributed by atoms with Gasteiger partial charge in [-0.2, -0.15) is 5.10 Å². The fourth-order valence-corrected chi connectivity index (χ4v) is 1.94. The lowest BCUT2D eigenvalue weighted by atomic mass is 10.1. The molecule has 1 amide bonds. The van der Waals surface area contributed by atoms with E-state index < -0.39 is 0 Å². The van der Waals surface area contributed by atoms with Crippen molar-refractivity contribution in [3.05, 3.63) is 64.7 Å². The van der Waals surface area contributed by atoms with E-state index in [1.54, 1.807) is 6.21 Å². The molecule has 2 aromatic carbocycles. The van der Waals surface area contributed by atoms with E-state index in [9.17, 15) is 4.79 Å². The van der Waals surface area contributed by atoms with Gasteiger partial charge in [0, 0.05) is 0 Å². The molecular formula is C18H20N2O2. The maximum absolute atomic E-state index is 11.7. The number of aryl methyl sites for hydroxylation is 3. The summed E-state index contributed by atoms with van der Waals surface area (Å²) in [5.41, 5.74) is 6.64. The zero-order valence-electron chi connectivity index (χ0n) is 13.1. The molecule has 0 heterocycles. The average molecular weight is 296 g/mol. The summed E-state index contributed by atoms with van der Waals surface area (Å²) in [7, 11) is 0. The number of nitrogens with one attached hydrogen (secondary N) is 1. The molecule has 4 nitrogen and oxygen atoms in total. The summed E-state index contributed by atoms with van der Waals surface area (Å²) in [5, 5.41) is 3.95. The van der Waals surface area contributed by atoms with Gasteiger partial charge in [0.2, 0.25) is 0 Å². The standard InChI is InChI=1S/C18H20N2O2/c1-13-8-9-15(3)17(10-13)22-12-18(21)20-19-11-16-7-5-4-6-14(16)2/h4-11H,12H2,1-3H3,(H,20,21). The Morgan fingerprint density at radius 1 is 1.14 bits per heavy atom. The van der Waals surface area contributed by atoms with Gasteiger partial charge in [-0.3, -0.25) is 4.79 Å². The summed E-state index contributed by atoms with van der Waals surface area (Å²) in [4.78, 5) is 11.7. The Balaban J connectivity index is 1.86. The molecule has 0 saturated carbocycles. The van der Waals surface area contributed by atoms with Crippen molar-refractivity contribution in [3.8, 4) is 5.75 Å². The molecule has 0 radical (unpaired) electrons. The molecule has 0 unspecified atom stereocenters. The summed E-state index contributed by atoms with van der Waals surface area (Å²) in [5.74, 6) is 0.434. The molecule has 0 fully saturated rings. The Hall–Kier alpha value is -2.62. The predicted molar refractivity (Wildman–Crippen MR) is 88.3 cm³/mol. The van der Waals surface area contributed by atoms with Crippen LogP contribution >= 0.6 is 0 Å². The van der Waals surface area contributed by atoms with Crippen LogP contribution in [0.3, 0.4) is 0 Å². The van der Waals surface area contributed by atoms with Gasteiger partial charge in [0.1, 0.15) is 5.75 Å². The molecule has 2 rings (SSSR count). The summed E-state index contributed by atoms with van der Waals surface area (Å²) >= 11 is 0. The monoisotopic (exact) mass is 296 g/mol. The van der Waals surface area contributed by atoms with Gasteiger partial charge < -0.3 is 4.74 Å². The number of amides is 1. The molecule has 1 N–H and O–H groups in total. The molecule has 0 saturated heterocycles. The molecule has 0 aliphatic carbocycles. The van der Waals surface area contributed by atoms with Crippen molar-refractivity contribution in [2.45, 2.75) is 20.8 Å². The second-order valence-corrected chi connectivity index (χ2v) is 5.21. The van der Waals surface area contributed by atoms with Crippen LogP contribution in [0.25, 0.3) is 0 Å². The van der Waals surface area contributed by atoms with Crippen molar-refractivity contribution >= 4 is 12.1 Å². The van der Waals surface area contributed by atoms with Crippen LogP contribution in [0.5, 0.6) is 5.75 Å². The number of benzene rings is 2. The number of carbonyl (C=O) groups excluding carboxylic acids is 1. The Morgan fingerprint density at radius 3 is 2.68 bits per heavy atom. The molecule has 114 valence electrons. The number of hydrazone groups is 1. The normalized spacial score (nSPS) is 10.7. The first-order valence-electron chi connectivity index (χ1n) is 7.14. The zero-order chi connectivity index (χ0) is 15.9.